The van der Waals surface area contributed by atoms with Crippen molar-refractivity contribution in [1.82, 2.24) is 10.3 Å². The first-order valence-electron chi connectivity index (χ1n) is 4.43. The molecular formula is C8H14ClN3O. The van der Waals surface area contributed by atoms with Crippen LogP contribution in [0.2, 0.25) is 0 Å². The van der Waals surface area contributed by atoms with Crippen molar-refractivity contribution in [1.29, 1.82) is 0 Å². The summed E-state index contributed by atoms with van der Waals surface area (Å²) in [7, 11) is 0. The minimum atomic E-state index is 0. The molecule has 1 N–H and O–H groups in total. The second-order valence-corrected chi connectivity index (χ2v) is 3.22. The molecule has 2 aliphatic heterocycles. The number of carbonyl (C=O) groups is 1. The molecule has 5 heteroatoms. The highest BCUT2D eigenvalue weighted by molar-refractivity contribution is 5.93. The molecule has 0 radical (unpaired) electrons. The number of hydrazone groups is 1. The molecular weight excluding hydrogens is 190 g/mol. The van der Waals surface area contributed by atoms with Gasteiger partial charge in [-0.15, -0.1) is 12.4 Å². The molecule has 0 saturated carbocycles. The summed E-state index contributed by atoms with van der Waals surface area (Å²) in [5.74, 6) is 0.155. The van der Waals surface area contributed by atoms with Crippen molar-refractivity contribution >= 4 is 24.5 Å². The number of amides is 1. The summed E-state index contributed by atoms with van der Waals surface area (Å²) in [5, 5.41) is 8.99. The van der Waals surface area contributed by atoms with Gasteiger partial charge in [-0.25, -0.2) is 5.01 Å². The van der Waals surface area contributed by atoms with E-state index in [1.165, 1.54) is 0 Å². The number of piperidine rings is 1. The summed E-state index contributed by atoms with van der Waals surface area (Å²) in [5.41, 5.74) is 0. The molecule has 0 aromatic carbocycles. The zero-order valence-electron chi connectivity index (χ0n) is 7.40. The Bertz CT molecular complexity index is 213. The van der Waals surface area contributed by atoms with E-state index in [-0.39, 0.29) is 18.3 Å². The second kappa shape index (κ2) is 4.58. The molecule has 0 spiro atoms. The van der Waals surface area contributed by atoms with Crippen LogP contribution in [0.15, 0.2) is 5.10 Å². The molecule has 0 aromatic heterocycles. The van der Waals surface area contributed by atoms with Crippen LogP contribution in [0.4, 0.5) is 0 Å². The van der Waals surface area contributed by atoms with Crippen molar-refractivity contribution in [2.75, 3.05) is 13.1 Å². The fourth-order valence-electron chi connectivity index (χ4n) is 1.71. The average molecular weight is 204 g/mol. The molecule has 13 heavy (non-hydrogen) atoms. The van der Waals surface area contributed by atoms with Gasteiger partial charge in [-0.05, 0) is 25.9 Å². The highest BCUT2D eigenvalue weighted by atomic mass is 35.5. The molecule has 2 rings (SSSR count). The van der Waals surface area contributed by atoms with Crippen molar-refractivity contribution in [3.63, 3.8) is 0 Å². The van der Waals surface area contributed by atoms with Gasteiger partial charge in [0.15, 0.2) is 0 Å². The zero-order valence-corrected chi connectivity index (χ0v) is 8.22. The molecule has 4 nitrogen and oxygen atoms in total. The van der Waals surface area contributed by atoms with E-state index in [2.05, 4.69) is 10.4 Å². The van der Waals surface area contributed by atoms with Gasteiger partial charge in [0, 0.05) is 6.21 Å². The lowest BCUT2D eigenvalue weighted by atomic mass is 10.1. The molecule has 2 aliphatic rings. The zero-order chi connectivity index (χ0) is 8.39. The third-order valence-electron chi connectivity index (χ3n) is 2.38. The highest BCUT2D eigenvalue weighted by Crippen LogP contribution is 2.15. The molecule has 0 aliphatic carbocycles. The summed E-state index contributed by atoms with van der Waals surface area (Å²) in [4.78, 5) is 11.3. The largest absolute Gasteiger partial charge is 0.317 e. The Morgan fingerprint density at radius 1 is 1.46 bits per heavy atom. The molecule has 0 unspecified atom stereocenters. The van der Waals surface area contributed by atoms with E-state index in [0.717, 1.165) is 25.9 Å². The minimum Gasteiger partial charge on any atom is -0.317 e. The first-order chi connectivity index (χ1) is 5.88. The molecule has 0 aromatic rings. The molecule has 0 atom stereocenters. The van der Waals surface area contributed by atoms with Crippen LogP contribution in [-0.4, -0.2) is 36.3 Å². The van der Waals surface area contributed by atoms with Crippen LogP contribution in [0.25, 0.3) is 0 Å². The fraction of sp³-hybridized carbons (Fsp3) is 0.750. The number of hydrogen-bond acceptors (Lipinski definition) is 3. The van der Waals surface area contributed by atoms with Crippen molar-refractivity contribution in [3.8, 4) is 0 Å². The van der Waals surface area contributed by atoms with Crippen LogP contribution in [-0.2, 0) is 4.79 Å². The van der Waals surface area contributed by atoms with Gasteiger partial charge in [0.1, 0.15) is 0 Å². The van der Waals surface area contributed by atoms with Gasteiger partial charge in [0.05, 0.1) is 12.5 Å². The van der Waals surface area contributed by atoms with Crippen molar-refractivity contribution < 1.29 is 4.79 Å². The van der Waals surface area contributed by atoms with Crippen LogP contribution >= 0.6 is 12.4 Å². The van der Waals surface area contributed by atoms with Gasteiger partial charge >= 0.3 is 0 Å². The van der Waals surface area contributed by atoms with Gasteiger partial charge in [0.2, 0.25) is 5.91 Å². The maximum atomic E-state index is 11.3. The lowest BCUT2D eigenvalue weighted by Crippen LogP contribution is -2.41. The van der Waals surface area contributed by atoms with Gasteiger partial charge in [0.25, 0.3) is 0 Å². The van der Waals surface area contributed by atoms with Gasteiger partial charge < -0.3 is 5.32 Å². The summed E-state index contributed by atoms with van der Waals surface area (Å²) in [6.45, 7) is 2.01. The summed E-state index contributed by atoms with van der Waals surface area (Å²) in [6.07, 6.45) is 4.25. The number of hydrogen-bond donors (Lipinski definition) is 1. The van der Waals surface area contributed by atoms with E-state index in [1.807, 2.05) is 0 Å². The lowest BCUT2D eigenvalue weighted by Gasteiger charge is -2.28. The predicted molar refractivity (Wildman–Crippen MR) is 53.1 cm³/mol. The van der Waals surface area contributed by atoms with Gasteiger partial charge in [-0.1, -0.05) is 0 Å². The maximum Gasteiger partial charge on any atom is 0.248 e. The van der Waals surface area contributed by atoms with Gasteiger partial charge in [-0.3, -0.25) is 4.79 Å². The Balaban J connectivity index is 0.000000845. The third-order valence-corrected chi connectivity index (χ3v) is 2.38. The first kappa shape index (κ1) is 10.5. The Labute approximate surface area is 83.8 Å². The van der Waals surface area contributed by atoms with E-state index in [4.69, 9.17) is 0 Å². The van der Waals surface area contributed by atoms with E-state index >= 15 is 0 Å². The lowest BCUT2D eigenvalue weighted by molar-refractivity contribution is -0.131. The third kappa shape index (κ3) is 2.19. The second-order valence-electron chi connectivity index (χ2n) is 3.22. The van der Waals surface area contributed by atoms with Crippen LogP contribution in [0.1, 0.15) is 19.3 Å². The van der Waals surface area contributed by atoms with Crippen LogP contribution < -0.4 is 5.32 Å². The summed E-state index contributed by atoms with van der Waals surface area (Å²) >= 11 is 0. The Morgan fingerprint density at radius 2 is 2.15 bits per heavy atom. The number of nitrogens with one attached hydrogen (secondary N) is 1. The van der Waals surface area contributed by atoms with E-state index in [1.54, 1.807) is 11.2 Å². The van der Waals surface area contributed by atoms with Gasteiger partial charge in [-0.2, -0.15) is 5.10 Å². The van der Waals surface area contributed by atoms with E-state index in [9.17, 15) is 4.79 Å². The van der Waals surface area contributed by atoms with Crippen molar-refractivity contribution in [2.45, 2.75) is 25.3 Å². The molecule has 2 heterocycles. The number of halogens is 1. The molecule has 1 fully saturated rings. The summed E-state index contributed by atoms with van der Waals surface area (Å²) in [6, 6.07) is 0.345. The van der Waals surface area contributed by atoms with Crippen molar-refractivity contribution in [2.24, 2.45) is 5.10 Å². The summed E-state index contributed by atoms with van der Waals surface area (Å²) < 4.78 is 0. The maximum absolute atomic E-state index is 11.3. The van der Waals surface area contributed by atoms with Crippen LogP contribution in [0.5, 0.6) is 0 Å². The van der Waals surface area contributed by atoms with Crippen molar-refractivity contribution in [3.05, 3.63) is 0 Å². The highest BCUT2D eigenvalue weighted by Gasteiger charge is 2.26. The topological polar surface area (TPSA) is 44.7 Å². The standard InChI is InChI=1S/C8H13N3O.ClH/c12-8-3-6-10-11(8)7-1-4-9-5-2-7;/h6-7,9H,1-5H2;1H. The van der Waals surface area contributed by atoms with E-state index < -0.39 is 0 Å². The first-order valence-corrected chi connectivity index (χ1v) is 4.43. The molecule has 1 saturated heterocycles. The Kier molecular flexibility index (Phi) is 3.69. The molecule has 0 bridgehead atoms. The smallest absolute Gasteiger partial charge is 0.248 e. The SMILES string of the molecule is Cl.O=C1CC=NN1C1CCNCC1. The van der Waals surface area contributed by atoms with Crippen LogP contribution in [0.3, 0.4) is 0 Å². The Morgan fingerprint density at radius 3 is 2.69 bits per heavy atom. The minimum absolute atomic E-state index is 0. The average Bonchev–Trinajstić information content (AvgIpc) is 2.53. The predicted octanol–water partition coefficient (Wildman–Crippen LogP) is 0.378. The van der Waals surface area contributed by atoms with Crippen LogP contribution in [0, 0.1) is 0 Å². The van der Waals surface area contributed by atoms with E-state index in [0.29, 0.717) is 12.5 Å². The number of carbonyl (C=O) groups excluding carboxylic acids is 1. The monoisotopic (exact) mass is 203 g/mol. The molecule has 74 valence electrons. The molecule has 1 amide bonds. The fourth-order valence-corrected chi connectivity index (χ4v) is 1.71. The number of rotatable bonds is 1. The Hall–Kier alpha value is -0.610. The quantitative estimate of drug-likeness (QED) is 0.670. The normalized spacial score (nSPS) is 23.4. The number of nitrogens with zero attached hydrogens (tertiary/aromatic N) is 2.